The van der Waals surface area contributed by atoms with Crippen LogP contribution >= 0.6 is 11.6 Å². The lowest BCUT2D eigenvalue weighted by molar-refractivity contribution is 0.614. The van der Waals surface area contributed by atoms with E-state index in [9.17, 15) is 4.39 Å². The predicted molar refractivity (Wildman–Crippen MR) is 82.5 cm³/mol. The molecule has 0 aliphatic carbocycles. The number of fused-ring (bicyclic) bond motifs is 2. The zero-order valence-corrected chi connectivity index (χ0v) is 11.9. The summed E-state index contributed by atoms with van der Waals surface area (Å²) in [5, 5.41) is 4.91. The molecular weight excluding hydrogens is 303 g/mol. The molecular formula is C16H10ClFN4. The SMILES string of the molecule is [2H]C([2H])(c1cc2cccnc2cc1F)c1cnc2ccc(Cl)nn12. The van der Waals surface area contributed by atoms with Gasteiger partial charge in [-0.1, -0.05) is 17.7 Å². The van der Waals surface area contributed by atoms with Crippen molar-refractivity contribution in [1.82, 2.24) is 19.6 Å². The number of rotatable bonds is 2. The normalized spacial score (nSPS) is 13.4. The summed E-state index contributed by atoms with van der Waals surface area (Å²) in [5.41, 5.74) is 0.892. The summed E-state index contributed by atoms with van der Waals surface area (Å²) in [6.45, 7) is 0. The van der Waals surface area contributed by atoms with Crippen molar-refractivity contribution in [2.24, 2.45) is 0 Å². The molecule has 0 bridgehead atoms. The Bertz CT molecular complexity index is 1080. The van der Waals surface area contributed by atoms with Crippen LogP contribution < -0.4 is 0 Å². The molecule has 4 aromatic rings. The fourth-order valence-electron chi connectivity index (χ4n) is 2.26. The van der Waals surface area contributed by atoms with Gasteiger partial charge in [0.2, 0.25) is 0 Å². The minimum absolute atomic E-state index is 0.0992. The topological polar surface area (TPSA) is 43.1 Å². The van der Waals surface area contributed by atoms with Gasteiger partial charge < -0.3 is 0 Å². The minimum atomic E-state index is -2.15. The first kappa shape index (κ1) is 11.1. The van der Waals surface area contributed by atoms with Gasteiger partial charge in [-0.2, -0.15) is 5.10 Å². The highest BCUT2D eigenvalue weighted by Gasteiger charge is 2.11. The van der Waals surface area contributed by atoms with Gasteiger partial charge in [-0.3, -0.25) is 4.98 Å². The van der Waals surface area contributed by atoms with E-state index >= 15 is 0 Å². The van der Waals surface area contributed by atoms with Crippen molar-refractivity contribution in [3.05, 3.63) is 71.0 Å². The number of benzene rings is 1. The quantitative estimate of drug-likeness (QED) is 0.567. The molecule has 0 unspecified atom stereocenters. The van der Waals surface area contributed by atoms with Gasteiger partial charge in [0.15, 0.2) is 5.65 Å². The summed E-state index contributed by atoms with van der Waals surface area (Å²) >= 11 is 5.89. The van der Waals surface area contributed by atoms with E-state index < -0.39 is 12.2 Å². The summed E-state index contributed by atoms with van der Waals surface area (Å²) in [5.74, 6) is -0.678. The van der Waals surface area contributed by atoms with E-state index in [1.165, 1.54) is 22.8 Å². The van der Waals surface area contributed by atoms with Crippen LogP contribution in [0.25, 0.3) is 16.6 Å². The lowest BCUT2D eigenvalue weighted by Gasteiger charge is -2.05. The van der Waals surface area contributed by atoms with Crippen LogP contribution in [0.15, 0.2) is 48.8 Å². The predicted octanol–water partition coefficient (Wildman–Crippen LogP) is 3.66. The van der Waals surface area contributed by atoms with E-state index in [0.29, 0.717) is 16.6 Å². The Labute approximate surface area is 133 Å². The Morgan fingerprint density at radius 2 is 2.14 bits per heavy atom. The molecule has 6 heteroatoms. The lowest BCUT2D eigenvalue weighted by Crippen LogP contribution is -2.00. The average Bonchev–Trinajstić information content (AvgIpc) is 2.97. The highest BCUT2D eigenvalue weighted by atomic mass is 35.5. The molecule has 0 atom stereocenters. The van der Waals surface area contributed by atoms with Crippen molar-refractivity contribution in [3.63, 3.8) is 0 Å². The van der Waals surface area contributed by atoms with E-state index in [-0.39, 0.29) is 16.4 Å². The minimum Gasteiger partial charge on any atom is -0.256 e. The maximum Gasteiger partial charge on any atom is 0.153 e. The number of aromatic nitrogens is 4. The maximum absolute atomic E-state index is 14.5. The number of pyridine rings is 1. The number of hydrogen-bond donors (Lipinski definition) is 0. The summed E-state index contributed by atoms with van der Waals surface area (Å²) < 4.78 is 32.7. The maximum atomic E-state index is 14.5. The third kappa shape index (κ3) is 2.19. The second-order valence-electron chi connectivity index (χ2n) is 4.72. The van der Waals surface area contributed by atoms with Gasteiger partial charge in [0.25, 0.3) is 0 Å². The molecule has 0 radical (unpaired) electrons. The van der Waals surface area contributed by atoms with Crippen molar-refractivity contribution < 1.29 is 7.13 Å². The lowest BCUT2D eigenvalue weighted by atomic mass is 10.1. The Balaban J connectivity index is 1.96. The summed E-state index contributed by atoms with van der Waals surface area (Å²) in [4.78, 5) is 8.19. The summed E-state index contributed by atoms with van der Waals surface area (Å²) in [7, 11) is 0. The van der Waals surface area contributed by atoms with E-state index in [0.717, 1.165) is 0 Å². The van der Waals surface area contributed by atoms with Gasteiger partial charge in [-0.05, 0) is 29.8 Å². The van der Waals surface area contributed by atoms with Crippen LogP contribution in [0.4, 0.5) is 4.39 Å². The van der Waals surface area contributed by atoms with Crippen molar-refractivity contribution >= 4 is 28.2 Å². The molecule has 0 saturated heterocycles. The van der Waals surface area contributed by atoms with Crippen LogP contribution in [0.5, 0.6) is 0 Å². The van der Waals surface area contributed by atoms with E-state index in [1.807, 2.05) is 0 Å². The molecule has 0 fully saturated rings. The van der Waals surface area contributed by atoms with Crippen LogP contribution in [-0.2, 0) is 6.37 Å². The molecule has 4 nitrogen and oxygen atoms in total. The van der Waals surface area contributed by atoms with Crippen molar-refractivity contribution in [2.75, 3.05) is 0 Å². The van der Waals surface area contributed by atoms with Crippen LogP contribution in [0.1, 0.15) is 14.0 Å². The Kier molecular flexibility index (Phi) is 2.54. The third-order valence-corrected chi connectivity index (χ3v) is 3.49. The first-order chi connectivity index (χ1) is 11.5. The first-order valence-electron chi connectivity index (χ1n) is 7.52. The molecule has 0 aliphatic heterocycles. The largest absolute Gasteiger partial charge is 0.256 e. The molecule has 0 aliphatic rings. The third-order valence-electron chi connectivity index (χ3n) is 3.28. The number of halogens is 2. The molecule has 108 valence electrons. The molecule has 0 amide bonds. The smallest absolute Gasteiger partial charge is 0.153 e. The first-order valence-corrected chi connectivity index (χ1v) is 6.90. The fourth-order valence-corrected chi connectivity index (χ4v) is 2.40. The standard InChI is InChI=1S/C16H10ClFN4/c17-15-3-4-16-20-9-12(22(16)21-15)7-11-6-10-2-1-5-19-14(10)8-13(11)18/h1-6,8-9H,7H2/i7D2. The van der Waals surface area contributed by atoms with Gasteiger partial charge in [0.1, 0.15) is 11.0 Å². The van der Waals surface area contributed by atoms with Gasteiger partial charge >= 0.3 is 0 Å². The van der Waals surface area contributed by atoms with Gasteiger partial charge in [-0.25, -0.2) is 13.9 Å². The van der Waals surface area contributed by atoms with Crippen molar-refractivity contribution in [2.45, 2.75) is 6.37 Å². The summed E-state index contributed by atoms with van der Waals surface area (Å²) in [6, 6.07) is 9.34. The van der Waals surface area contributed by atoms with Gasteiger partial charge in [-0.15, -0.1) is 0 Å². The van der Waals surface area contributed by atoms with Gasteiger partial charge in [0, 0.05) is 26.8 Å². The molecule has 1 aromatic carbocycles. The van der Waals surface area contributed by atoms with Gasteiger partial charge in [0.05, 0.1) is 17.4 Å². The van der Waals surface area contributed by atoms with Crippen molar-refractivity contribution in [3.8, 4) is 0 Å². The highest BCUT2D eigenvalue weighted by Crippen LogP contribution is 2.20. The van der Waals surface area contributed by atoms with Crippen LogP contribution in [-0.4, -0.2) is 19.6 Å². The Hall–Kier alpha value is -2.53. The Morgan fingerprint density at radius 1 is 1.23 bits per heavy atom. The molecule has 22 heavy (non-hydrogen) atoms. The second kappa shape index (κ2) is 5.03. The highest BCUT2D eigenvalue weighted by molar-refractivity contribution is 6.29. The molecule has 3 heterocycles. The zero-order valence-electron chi connectivity index (χ0n) is 13.2. The van der Waals surface area contributed by atoms with Crippen molar-refractivity contribution in [1.29, 1.82) is 0 Å². The zero-order chi connectivity index (χ0) is 16.9. The Morgan fingerprint density at radius 3 is 3.05 bits per heavy atom. The second-order valence-corrected chi connectivity index (χ2v) is 5.11. The van der Waals surface area contributed by atoms with E-state index in [1.54, 1.807) is 30.5 Å². The number of nitrogens with zero attached hydrogens (tertiary/aromatic N) is 4. The summed E-state index contributed by atoms with van der Waals surface area (Å²) in [6.07, 6.45) is 0.753. The molecule has 4 rings (SSSR count). The molecule has 0 saturated carbocycles. The number of imidazole rings is 1. The van der Waals surface area contributed by atoms with Crippen LogP contribution in [0, 0.1) is 5.82 Å². The van der Waals surface area contributed by atoms with E-state index in [2.05, 4.69) is 15.1 Å². The molecule has 0 spiro atoms. The van der Waals surface area contributed by atoms with Crippen LogP contribution in [0.3, 0.4) is 0 Å². The fraction of sp³-hybridized carbons (Fsp3) is 0.0625. The molecule has 3 aromatic heterocycles. The number of hydrogen-bond acceptors (Lipinski definition) is 3. The average molecular weight is 315 g/mol. The van der Waals surface area contributed by atoms with Crippen LogP contribution in [0.2, 0.25) is 5.15 Å². The van der Waals surface area contributed by atoms with E-state index in [4.69, 9.17) is 14.3 Å². The molecule has 0 N–H and O–H groups in total. The monoisotopic (exact) mass is 314 g/mol.